The predicted molar refractivity (Wildman–Crippen MR) is 205 cm³/mol. The topological polar surface area (TPSA) is 69.9 Å². The minimum Gasteiger partial charge on any atom is -0.456 e. The van der Waals surface area contributed by atoms with E-state index in [4.69, 9.17) is 23.8 Å². The van der Waals surface area contributed by atoms with Crippen molar-refractivity contribution >= 4 is 65.7 Å². The summed E-state index contributed by atoms with van der Waals surface area (Å²) in [4.78, 5) is 15.1. The number of para-hydroxylation sites is 3. The molecule has 0 fully saturated rings. The maximum atomic E-state index is 6.62. The van der Waals surface area contributed by atoms with E-state index in [1.807, 2.05) is 66.7 Å². The highest BCUT2D eigenvalue weighted by Crippen LogP contribution is 2.40. The van der Waals surface area contributed by atoms with Gasteiger partial charge in [0, 0.05) is 54.7 Å². The summed E-state index contributed by atoms with van der Waals surface area (Å²) in [5.41, 5.74) is 9.30. The van der Waals surface area contributed by atoms with Crippen LogP contribution in [0, 0.1) is 0 Å². The smallest absolute Gasteiger partial charge is 0.164 e. The van der Waals surface area contributed by atoms with Crippen molar-refractivity contribution in [2.45, 2.75) is 0 Å². The number of nitrogens with zero attached hydrogens (tertiary/aromatic N) is 4. The van der Waals surface area contributed by atoms with E-state index >= 15 is 0 Å². The third-order valence-electron chi connectivity index (χ3n) is 9.85. The lowest BCUT2D eigenvalue weighted by Gasteiger charge is -2.09. The summed E-state index contributed by atoms with van der Waals surface area (Å²) >= 11 is 0. The molecule has 0 amide bonds. The van der Waals surface area contributed by atoms with E-state index in [9.17, 15) is 0 Å². The molecule has 0 aliphatic heterocycles. The molecule has 11 rings (SSSR count). The molecule has 11 aromatic rings. The van der Waals surface area contributed by atoms with Gasteiger partial charge in [-0.05, 0) is 54.6 Å². The third-order valence-corrected chi connectivity index (χ3v) is 9.85. The van der Waals surface area contributed by atoms with Gasteiger partial charge in [-0.1, -0.05) is 103 Å². The Hall–Kier alpha value is -7.05. The number of fused-ring (bicyclic) bond motifs is 9. The average Bonchev–Trinajstić information content (AvgIpc) is 3.86. The summed E-state index contributed by atoms with van der Waals surface area (Å²) in [5.74, 6) is 1.75. The molecule has 51 heavy (non-hydrogen) atoms. The van der Waals surface area contributed by atoms with Crippen LogP contribution < -0.4 is 0 Å². The lowest BCUT2D eigenvalue weighted by atomic mass is 10.0. The first-order valence-corrected chi connectivity index (χ1v) is 16.9. The number of furan rings is 2. The first-order valence-electron chi connectivity index (χ1n) is 16.9. The first-order chi connectivity index (χ1) is 25.3. The van der Waals surface area contributed by atoms with E-state index in [0.29, 0.717) is 17.5 Å². The van der Waals surface area contributed by atoms with Crippen LogP contribution in [0.2, 0.25) is 0 Å². The molecule has 0 saturated heterocycles. The third kappa shape index (κ3) is 4.26. The van der Waals surface area contributed by atoms with Gasteiger partial charge in [0.1, 0.15) is 22.3 Å². The summed E-state index contributed by atoms with van der Waals surface area (Å²) < 4.78 is 15.2. The molecule has 0 unspecified atom stereocenters. The van der Waals surface area contributed by atoms with Gasteiger partial charge in [-0.25, -0.2) is 15.0 Å². The number of rotatable bonds is 4. The maximum Gasteiger partial charge on any atom is 0.164 e. The van der Waals surface area contributed by atoms with Crippen molar-refractivity contribution in [2.24, 2.45) is 0 Å². The van der Waals surface area contributed by atoms with Gasteiger partial charge < -0.3 is 13.4 Å². The van der Waals surface area contributed by atoms with Crippen LogP contribution in [-0.4, -0.2) is 19.5 Å². The fraction of sp³-hybridized carbons (Fsp3) is 0. The summed E-state index contributed by atoms with van der Waals surface area (Å²) in [6, 6.07) is 53.9. The van der Waals surface area contributed by atoms with Crippen LogP contribution in [0.15, 0.2) is 167 Å². The molecule has 0 aliphatic rings. The van der Waals surface area contributed by atoms with Gasteiger partial charge in [0.15, 0.2) is 17.5 Å². The van der Waals surface area contributed by atoms with Crippen molar-refractivity contribution in [3.8, 4) is 39.9 Å². The lowest BCUT2D eigenvalue weighted by molar-refractivity contribution is 0.669. The molecular formula is C45H26N4O2. The highest BCUT2D eigenvalue weighted by molar-refractivity contribution is 6.17. The van der Waals surface area contributed by atoms with E-state index < -0.39 is 0 Å². The molecule has 4 heterocycles. The summed E-state index contributed by atoms with van der Waals surface area (Å²) in [6.45, 7) is 0. The average molecular weight is 655 g/mol. The van der Waals surface area contributed by atoms with Crippen molar-refractivity contribution in [2.75, 3.05) is 0 Å². The Labute approximate surface area is 290 Å². The Balaban J connectivity index is 1.12. The molecule has 0 aliphatic carbocycles. The summed E-state index contributed by atoms with van der Waals surface area (Å²) in [6.07, 6.45) is 0. The van der Waals surface area contributed by atoms with Crippen molar-refractivity contribution in [1.29, 1.82) is 0 Å². The Morgan fingerprint density at radius 2 is 1.04 bits per heavy atom. The van der Waals surface area contributed by atoms with Gasteiger partial charge in [-0.3, -0.25) is 0 Å². The van der Waals surface area contributed by atoms with Crippen LogP contribution >= 0.6 is 0 Å². The zero-order chi connectivity index (χ0) is 33.5. The van der Waals surface area contributed by atoms with Gasteiger partial charge in [0.2, 0.25) is 0 Å². The van der Waals surface area contributed by atoms with Crippen LogP contribution in [0.25, 0.3) is 106 Å². The van der Waals surface area contributed by atoms with Gasteiger partial charge in [-0.2, -0.15) is 0 Å². The highest BCUT2D eigenvalue weighted by Gasteiger charge is 2.20. The number of aromatic nitrogens is 4. The Morgan fingerprint density at radius 3 is 1.90 bits per heavy atom. The molecule has 0 N–H and O–H groups in total. The molecule has 0 spiro atoms. The fourth-order valence-electron chi connectivity index (χ4n) is 7.54. The Bertz CT molecular complexity index is 3140. The van der Waals surface area contributed by atoms with Crippen LogP contribution in [0.3, 0.4) is 0 Å². The maximum absolute atomic E-state index is 6.62. The highest BCUT2D eigenvalue weighted by atomic mass is 16.3. The SMILES string of the molecule is c1ccc(-c2nc(-c3ccc4c(c3)oc3cc5c6ccccc6n(-c6ccccc6)c5cc34)nc(-c3cccc4oc5ccccc5c34)n2)cc1. The van der Waals surface area contributed by atoms with E-state index in [0.717, 1.165) is 82.7 Å². The second-order valence-corrected chi connectivity index (χ2v) is 12.8. The van der Waals surface area contributed by atoms with Crippen LogP contribution in [0.5, 0.6) is 0 Å². The van der Waals surface area contributed by atoms with Crippen molar-refractivity contribution in [3.05, 3.63) is 158 Å². The van der Waals surface area contributed by atoms with Gasteiger partial charge in [-0.15, -0.1) is 0 Å². The standard InChI is InChI=1S/C45H26N4O2/c1-3-12-27(13-4-1)43-46-44(48-45(47-43)33-18-11-21-39-42(33)32-17-8-10-20-38(32)50-39)28-22-23-31-35-25-37-34(26-41(35)51-40(31)24-28)30-16-7-9-19-36(30)49(37)29-14-5-2-6-15-29/h1-26H. The van der Waals surface area contributed by atoms with Crippen LogP contribution in [0.4, 0.5) is 0 Å². The number of hydrogen-bond acceptors (Lipinski definition) is 5. The Morgan fingerprint density at radius 1 is 0.373 bits per heavy atom. The fourth-order valence-corrected chi connectivity index (χ4v) is 7.54. The molecule has 7 aromatic carbocycles. The molecule has 238 valence electrons. The molecule has 4 aromatic heterocycles. The molecule has 0 saturated carbocycles. The van der Waals surface area contributed by atoms with E-state index in [-0.39, 0.29) is 0 Å². The van der Waals surface area contributed by atoms with Gasteiger partial charge in [0.05, 0.1) is 11.0 Å². The molecule has 6 nitrogen and oxygen atoms in total. The molecule has 0 radical (unpaired) electrons. The summed E-state index contributed by atoms with van der Waals surface area (Å²) in [5, 5.41) is 6.44. The zero-order valence-electron chi connectivity index (χ0n) is 27.1. The largest absolute Gasteiger partial charge is 0.456 e. The molecule has 0 atom stereocenters. The second-order valence-electron chi connectivity index (χ2n) is 12.8. The van der Waals surface area contributed by atoms with E-state index in [1.165, 1.54) is 5.39 Å². The lowest BCUT2D eigenvalue weighted by Crippen LogP contribution is -2.00. The summed E-state index contributed by atoms with van der Waals surface area (Å²) in [7, 11) is 0. The quantitative estimate of drug-likeness (QED) is 0.189. The molecule has 6 heteroatoms. The normalized spacial score (nSPS) is 11.9. The second kappa shape index (κ2) is 10.7. The first kappa shape index (κ1) is 27.9. The van der Waals surface area contributed by atoms with Crippen LogP contribution in [-0.2, 0) is 0 Å². The Kier molecular flexibility index (Phi) is 5.86. The zero-order valence-corrected chi connectivity index (χ0v) is 27.1. The predicted octanol–water partition coefficient (Wildman–Crippen LogP) is 11.8. The molecular weight excluding hydrogens is 629 g/mol. The van der Waals surface area contributed by atoms with Crippen molar-refractivity contribution < 1.29 is 8.83 Å². The minimum absolute atomic E-state index is 0.567. The number of hydrogen-bond donors (Lipinski definition) is 0. The van der Waals surface area contributed by atoms with Gasteiger partial charge >= 0.3 is 0 Å². The number of benzene rings is 7. The van der Waals surface area contributed by atoms with E-state index in [1.54, 1.807) is 0 Å². The van der Waals surface area contributed by atoms with Crippen molar-refractivity contribution in [1.82, 2.24) is 19.5 Å². The monoisotopic (exact) mass is 654 g/mol. The van der Waals surface area contributed by atoms with E-state index in [2.05, 4.69) is 95.6 Å². The van der Waals surface area contributed by atoms with Gasteiger partial charge in [0.25, 0.3) is 0 Å². The van der Waals surface area contributed by atoms with Crippen molar-refractivity contribution in [3.63, 3.8) is 0 Å². The molecule has 0 bridgehead atoms. The minimum atomic E-state index is 0.567. The van der Waals surface area contributed by atoms with Crippen LogP contribution in [0.1, 0.15) is 0 Å².